The molecule has 3 rings (SSSR count). The molecule has 1 N–H and O–H groups in total. The van der Waals surface area contributed by atoms with E-state index in [4.69, 9.17) is 0 Å². The molecule has 1 nitrogen and oxygen atoms in total. The average Bonchev–Trinajstić information content (AvgIpc) is 2.67. The molecule has 4 heteroatoms. The molecule has 0 radical (unpaired) electrons. The minimum absolute atomic E-state index is 0.250. The molecule has 96 valence electrons. The molecule has 2 aliphatic rings. The van der Waals surface area contributed by atoms with Gasteiger partial charge in [0.25, 0.3) is 0 Å². The van der Waals surface area contributed by atoms with E-state index in [0.29, 0.717) is 18.0 Å². The van der Waals surface area contributed by atoms with E-state index < -0.39 is 11.7 Å². The van der Waals surface area contributed by atoms with Crippen molar-refractivity contribution in [2.24, 2.45) is 0 Å². The number of benzene rings is 1. The largest absolute Gasteiger partial charge is 0.416 e. The fraction of sp³-hybridized carbons (Fsp3) is 0.429. The van der Waals surface area contributed by atoms with Crippen molar-refractivity contribution in [3.63, 3.8) is 0 Å². The Bertz CT molecular complexity index is 490. The van der Waals surface area contributed by atoms with E-state index in [1.54, 1.807) is 12.1 Å². The lowest BCUT2D eigenvalue weighted by Crippen LogP contribution is -2.32. The maximum absolute atomic E-state index is 13.0. The molecule has 2 unspecified atom stereocenters. The van der Waals surface area contributed by atoms with E-state index in [0.717, 1.165) is 18.4 Å². The Hall–Kier alpha value is -1.29. The fourth-order valence-corrected chi connectivity index (χ4v) is 2.93. The first kappa shape index (κ1) is 11.8. The second-order valence-electron chi connectivity index (χ2n) is 4.99. The predicted molar refractivity (Wildman–Crippen MR) is 64.0 cm³/mol. The van der Waals surface area contributed by atoms with Crippen LogP contribution in [0.15, 0.2) is 30.3 Å². The fourth-order valence-electron chi connectivity index (χ4n) is 2.93. The molecule has 0 amide bonds. The van der Waals surface area contributed by atoms with Crippen LogP contribution in [0.3, 0.4) is 0 Å². The number of rotatable bonds is 1. The van der Waals surface area contributed by atoms with Gasteiger partial charge in [-0.05, 0) is 36.5 Å². The summed E-state index contributed by atoms with van der Waals surface area (Å²) >= 11 is 0. The summed E-state index contributed by atoms with van der Waals surface area (Å²) in [6.07, 6.45) is 0.472. The monoisotopic (exact) mass is 253 g/mol. The van der Waals surface area contributed by atoms with Crippen molar-refractivity contribution in [2.75, 3.05) is 0 Å². The normalized spacial score (nSPS) is 27.2. The zero-order valence-electron chi connectivity index (χ0n) is 9.80. The molecule has 0 aromatic heterocycles. The minimum atomic E-state index is -4.28. The highest BCUT2D eigenvalue weighted by Crippen LogP contribution is 2.39. The van der Waals surface area contributed by atoms with Crippen LogP contribution in [0.1, 0.15) is 30.4 Å². The summed E-state index contributed by atoms with van der Waals surface area (Å²) in [5, 5.41) is 3.39. The summed E-state index contributed by atoms with van der Waals surface area (Å²) in [5.74, 6) is 0. The van der Waals surface area contributed by atoms with Crippen molar-refractivity contribution in [2.45, 2.75) is 37.5 Å². The number of alkyl halides is 3. The van der Waals surface area contributed by atoms with Gasteiger partial charge in [-0.15, -0.1) is 0 Å². The lowest BCUT2D eigenvalue weighted by atomic mass is 9.92. The van der Waals surface area contributed by atoms with Crippen molar-refractivity contribution >= 4 is 5.57 Å². The molecule has 1 saturated heterocycles. The van der Waals surface area contributed by atoms with Crippen LogP contribution in [-0.2, 0) is 6.18 Å². The molecule has 2 heterocycles. The molecule has 2 bridgehead atoms. The van der Waals surface area contributed by atoms with E-state index in [1.165, 1.54) is 12.1 Å². The Morgan fingerprint density at radius 3 is 2.61 bits per heavy atom. The van der Waals surface area contributed by atoms with Gasteiger partial charge in [0, 0.05) is 12.1 Å². The van der Waals surface area contributed by atoms with E-state index in [-0.39, 0.29) is 6.04 Å². The average molecular weight is 253 g/mol. The van der Waals surface area contributed by atoms with Crippen molar-refractivity contribution in [3.8, 4) is 0 Å². The molecule has 1 aromatic carbocycles. The number of hydrogen-bond donors (Lipinski definition) is 1. The van der Waals surface area contributed by atoms with Crippen molar-refractivity contribution in [1.29, 1.82) is 0 Å². The van der Waals surface area contributed by atoms with Gasteiger partial charge < -0.3 is 5.32 Å². The second-order valence-corrected chi connectivity index (χ2v) is 4.99. The summed E-state index contributed by atoms with van der Waals surface area (Å²) in [7, 11) is 0. The molecule has 0 saturated carbocycles. The van der Waals surface area contributed by atoms with Gasteiger partial charge in [-0.3, -0.25) is 0 Å². The zero-order chi connectivity index (χ0) is 12.8. The van der Waals surface area contributed by atoms with Gasteiger partial charge in [0.15, 0.2) is 0 Å². The highest BCUT2D eigenvalue weighted by atomic mass is 19.4. The Kier molecular flexibility index (Phi) is 2.70. The van der Waals surface area contributed by atoms with Gasteiger partial charge >= 0.3 is 6.18 Å². The van der Waals surface area contributed by atoms with Gasteiger partial charge in [0.05, 0.1) is 5.56 Å². The number of fused-ring (bicyclic) bond motifs is 2. The molecular formula is C14H14F3N. The SMILES string of the molecule is FC(F)(F)c1ccccc1C1=CC2CCC(C1)N2. The van der Waals surface area contributed by atoms with Crippen LogP contribution < -0.4 is 5.32 Å². The van der Waals surface area contributed by atoms with Crippen LogP contribution in [-0.4, -0.2) is 12.1 Å². The van der Waals surface area contributed by atoms with Crippen LogP contribution in [0.5, 0.6) is 0 Å². The summed E-state index contributed by atoms with van der Waals surface area (Å²) in [4.78, 5) is 0. The van der Waals surface area contributed by atoms with Gasteiger partial charge in [-0.2, -0.15) is 13.2 Å². The van der Waals surface area contributed by atoms with Gasteiger partial charge in [-0.25, -0.2) is 0 Å². The van der Waals surface area contributed by atoms with E-state index >= 15 is 0 Å². The topological polar surface area (TPSA) is 12.0 Å². The maximum atomic E-state index is 13.0. The lowest BCUT2D eigenvalue weighted by molar-refractivity contribution is -0.137. The molecule has 0 aliphatic carbocycles. The molecule has 2 aliphatic heterocycles. The maximum Gasteiger partial charge on any atom is 0.416 e. The smallest absolute Gasteiger partial charge is 0.307 e. The van der Waals surface area contributed by atoms with E-state index in [1.807, 2.05) is 6.08 Å². The second kappa shape index (κ2) is 4.12. The predicted octanol–water partition coefficient (Wildman–Crippen LogP) is 3.61. The highest BCUT2D eigenvalue weighted by Gasteiger charge is 2.36. The van der Waals surface area contributed by atoms with Crippen LogP contribution >= 0.6 is 0 Å². The summed E-state index contributed by atoms with van der Waals surface area (Å²) in [6, 6.07) is 6.47. The lowest BCUT2D eigenvalue weighted by Gasteiger charge is -2.23. The molecule has 18 heavy (non-hydrogen) atoms. The molecule has 1 aromatic rings. The van der Waals surface area contributed by atoms with E-state index in [9.17, 15) is 13.2 Å². The molecule has 0 spiro atoms. The zero-order valence-corrected chi connectivity index (χ0v) is 9.80. The van der Waals surface area contributed by atoms with Crippen molar-refractivity contribution < 1.29 is 13.2 Å². The Morgan fingerprint density at radius 1 is 1.11 bits per heavy atom. The Labute approximate surface area is 104 Å². The first-order chi connectivity index (χ1) is 8.54. The van der Waals surface area contributed by atoms with Crippen molar-refractivity contribution in [1.82, 2.24) is 5.32 Å². The summed E-state index contributed by atoms with van der Waals surface area (Å²) in [6.45, 7) is 0. The van der Waals surface area contributed by atoms with E-state index in [2.05, 4.69) is 5.32 Å². The molecule has 1 fully saturated rings. The third-order valence-electron chi connectivity index (χ3n) is 3.72. The van der Waals surface area contributed by atoms with Gasteiger partial charge in [0.1, 0.15) is 0 Å². The third kappa shape index (κ3) is 2.05. The quantitative estimate of drug-likeness (QED) is 0.806. The third-order valence-corrected chi connectivity index (χ3v) is 3.72. The summed E-state index contributed by atoms with van der Waals surface area (Å²) in [5.41, 5.74) is 0.676. The first-order valence-electron chi connectivity index (χ1n) is 6.17. The number of halogens is 3. The number of nitrogens with one attached hydrogen (secondary N) is 1. The summed E-state index contributed by atoms with van der Waals surface area (Å²) < 4.78 is 38.9. The first-order valence-corrected chi connectivity index (χ1v) is 6.17. The minimum Gasteiger partial charge on any atom is -0.307 e. The van der Waals surface area contributed by atoms with Gasteiger partial charge in [-0.1, -0.05) is 24.3 Å². The van der Waals surface area contributed by atoms with Crippen LogP contribution in [0.2, 0.25) is 0 Å². The van der Waals surface area contributed by atoms with Gasteiger partial charge in [0.2, 0.25) is 0 Å². The highest BCUT2D eigenvalue weighted by molar-refractivity contribution is 5.71. The molecular weight excluding hydrogens is 239 g/mol. The molecule has 2 atom stereocenters. The van der Waals surface area contributed by atoms with Crippen LogP contribution in [0.25, 0.3) is 5.57 Å². The standard InChI is InChI=1S/C14H14F3N/c15-14(16,17)13-4-2-1-3-12(13)9-7-10-5-6-11(8-9)18-10/h1-4,7,10-11,18H,5-6,8H2. The van der Waals surface area contributed by atoms with Crippen molar-refractivity contribution in [3.05, 3.63) is 41.5 Å². The van der Waals surface area contributed by atoms with Crippen LogP contribution in [0.4, 0.5) is 13.2 Å². The number of hydrogen-bond acceptors (Lipinski definition) is 1. The van der Waals surface area contributed by atoms with Crippen LogP contribution in [0, 0.1) is 0 Å². The Balaban J connectivity index is 2.02. The Morgan fingerprint density at radius 2 is 1.89 bits per heavy atom.